The molecule has 0 N–H and O–H groups in total. The Morgan fingerprint density at radius 3 is 2.75 bits per heavy atom. The third-order valence-electron chi connectivity index (χ3n) is 1.65. The molecule has 0 bridgehead atoms. The lowest BCUT2D eigenvalue weighted by atomic mass is 10.2. The molecule has 0 spiro atoms. The maximum atomic E-state index is 5.36. The highest BCUT2D eigenvalue weighted by molar-refractivity contribution is 14.1. The molecule has 1 aromatic rings. The molecule has 2 nitrogen and oxygen atoms in total. The van der Waals surface area contributed by atoms with E-state index in [0.29, 0.717) is 6.61 Å². The Morgan fingerprint density at radius 1 is 1.50 bits per heavy atom. The molecule has 1 aromatic heterocycles. The summed E-state index contributed by atoms with van der Waals surface area (Å²) in [5, 5.41) is 0. The van der Waals surface area contributed by atoms with Crippen LogP contribution in [0.5, 0.6) is 5.88 Å². The molecule has 1 heterocycles. The Morgan fingerprint density at radius 2 is 2.17 bits per heavy atom. The highest BCUT2D eigenvalue weighted by Crippen LogP contribution is 2.22. The van der Waals surface area contributed by atoms with E-state index in [-0.39, 0.29) is 0 Å². The van der Waals surface area contributed by atoms with Crippen LogP contribution in [-0.2, 0) is 0 Å². The quantitative estimate of drug-likeness (QED) is 0.775. The Balaban J connectivity index is 3.08. The average Bonchev–Trinajstić information content (AvgIpc) is 2.07. The van der Waals surface area contributed by atoms with Crippen LogP contribution in [-0.4, -0.2) is 11.6 Å². The molecule has 0 unspecified atom stereocenters. The van der Waals surface area contributed by atoms with Crippen LogP contribution in [0.25, 0.3) is 0 Å². The van der Waals surface area contributed by atoms with Gasteiger partial charge < -0.3 is 4.74 Å². The van der Waals surface area contributed by atoms with Crippen molar-refractivity contribution in [3.05, 3.63) is 20.9 Å². The van der Waals surface area contributed by atoms with Crippen molar-refractivity contribution in [3.8, 4) is 5.88 Å². The molecule has 66 valence electrons. The van der Waals surface area contributed by atoms with Gasteiger partial charge in [0.2, 0.25) is 5.88 Å². The van der Waals surface area contributed by atoms with Gasteiger partial charge in [0.15, 0.2) is 0 Å². The zero-order valence-electron chi connectivity index (χ0n) is 7.52. The largest absolute Gasteiger partial charge is 0.478 e. The first kappa shape index (κ1) is 9.77. The first-order chi connectivity index (χ1) is 5.66. The van der Waals surface area contributed by atoms with Crippen molar-refractivity contribution in [2.75, 3.05) is 6.61 Å². The van der Waals surface area contributed by atoms with E-state index in [1.165, 1.54) is 9.13 Å². The van der Waals surface area contributed by atoms with Gasteiger partial charge in [-0.25, -0.2) is 4.98 Å². The van der Waals surface area contributed by atoms with Crippen molar-refractivity contribution in [3.63, 3.8) is 0 Å². The van der Waals surface area contributed by atoms with Crippen LogP contribution in [0.3, 0.4) is 0 Å². The second-order valence-electron chi connectivity index (χ2n) is 2.62. The summed E-state index contributed by atoms with van der Waals surface area (Å²) in [5.74, 6) is 0.757. The van der Waals surface area contributed by atoms with E-state index in [9.17, 15) is 0 Å². The molecule has 0 saturated carbocycles. The van der Waals surface area contributed by atoms with Crippen LogP contribution in [0, 0.1) is 17.4 Å². The Labute approximate surface area is 86.5 Å². The minimum absolute atomic E-state index is 0.674. The fourth-order valence-corrected chi connectivity index (χ4v) is 1.35. The monoisotopic (exact) mass is 277 g/mol. The van der Waals surface area contributed by atoms with E-state index in [0.717, 1.165) is 11.4 Å². The van der Waals surface area contributed by atoms with Crippen molar-refractivity contribution in [2.45, 2.75) is 20.8 Å². The summed E-state index contributed by atoms with van der Waals surface area (Å²) in [6.07, 6.45) is 1.85. The summed E-state index contributed by atoms with van der Waals surface area (Å²) in [5.41, 5.74) is 2.34. The first-order valence-corrected chi connectivity index (χ1v) is 4.99. The van der Waals surface area contributed by atoms with Gasteiger partial charge in [-0.05, 0) is 48.9 Å². The molecule has 0 aromatic carbocycles. The summed E-state index contributed by atoms with van der Waals surface area (Å²) >= 11 is 2.31. The maximum Gasteiger partial charge on any atom is 0.217 e. The average molecular weight is 277 g/mol. The van der Waals surface area contributed by atoms with Crippen molar-refractivity contribution in [1.82, 2.24) is 4.98 Å². The lowest BCUT2D eigenvalue weighted by Gasteiger charge is -2.08. The molecular formula is C9H12INO. The SMILES string of the molecule is CCOc1ncc(C)c(I)c1C. The predicted octanol–water partition coefficient (Wildman–Crippen LogP) is 2.70. The lowest BCUT2D eigenvalue weighted by molar-refractivity contribution is 0.324. The van der Waals surface area contributed by atoms with Crippen molar-refractivity contribution in [1.29, 1.82) is 0 Å². The number of aryl methyl sites for hydroxylation is 1. The van der Waals surface area contributed by atoms with E-state index in [2.05, 4.69) is 34.5 Å². The highest BCUT2D eigenvalue weighted by atomic mass is 127. The number of hydrogen-bond acceptors (Lipinski definition) is 2. The zero-order chi connectivity index (χ0) is 9.14. The Hall–Kier alpha value is -0.320. The van der Waals surface area contributed by atoms with Gasteiger partial charge in [-0.1, -0.05) is 0 Å². The summed E-state index contributed by atoms with van der Waals surface area (Å²) in [4.78, 5) is 4.20. The van der Waals surface area contributed by atoms with Crippen LogP contribution in [0.2, 0.25) is 0 Å². The molecule has 0 amide bonds. The normalized spacial score (nSPS) is 10.0. The molecule has 1 rings (SSSR count). The Kier molecular flexibility index (Phi) is 3.31. The van der Waals surface area contributed by atoms with E-state index in [1.54, 1.807) is 0 Å². The predicted molar refractivity (Wildman–Crippen MR) is 57.6 cm³/mol. The number of nitrogens with zero attached hydrogens (tertiary/aromatic N) is 1. The number of ether oxygens (including phenoxy) is 1. The molecule has 0 fully saturated rings. The van der Waals surface area contributed by atoms with Gasteiger partial charge in [0.25, 0.3) is 0 Å². The topological polar surface area (TPSA) is 22.1 Å². The van der Waals surface area contributed by atoms with Gasteiger partial charge in [0.1, 0.15) is 0 Å². The number of aromatic nitrogens is 1. The molecule has 0 radical (unpaired) electrons. The van der Waals surface area contributed by atoms with Crippen LogP contribution in [0.4, 0.5) is 0 Å². The summed E-state index contributed by atoms with van der Waals surface area (Å²) in [6, 6.07) is 0. The second-order valence-corrected chi connectivity index (χ2v) is 3.70. The van der Waals surface area contributed by atoms with Crippen molar-refractivity contribution < 1.29 is 4.74 Å². The summed E-state index contributed by atoms with van der Waals surface area (Å²) in [7, 11) is 0. The number of pyridine rings is 1. The third-order valence-corrected chi connectivity index (χ3v) is 3.31. The van der Waals surface area contributed by atoms with Gasteiger partial charge in [0, 0.05) is 15.3 Å². The van der Waals surface area contributed by atoms with Crippen LogP contribution < -0.4 is 4.74 Å². The minimum atomic E-state index is 0.674. The van der Waals surface area contributed by atoms with E-state index in [4.69, 9.17) is 4.74 Å². The third kappa shape index (κ3) is 1.88. The van der Waals surface area contributed by atoms with Gasteiger partial charge in [-0.3, -0.25) is 0 Å². The first-order valence-electron chi connectivity index (χ1n) is 3.91. The summed E-state index contributed by atoms with van der Waals surface area (Å²) in [6.45, 7) is 6.73. The van der Waals surface area contributed by atoms with Crippen LogP contribution in [0.15, 0.2) is 6.20 Å². The van der Waals surface area contributed by atoms with E-state index < -0.39 is 0 Å². The molecule has 0 saturated heterocycles. The van der Waals surface area contributed by atoms with Crippen molar-refractivity contribution >= 4 is 22.6 Å². The molecule has 12 heavy (non-hydrogen) atoms. The van der Waals surface area contributed by atoms with Crippen molar-refractivity contribution in [2.24, 2.45) is 0 Å². The van der Waals surface area contributed by atoms with E-state index in [1.807, 2.05) is 20.0 Å². The van der Waals surface area contributed by atoms with Crippen LogP contribution in [0.1, 0.15) is 18.1 Å². The molecular weight excluding hydrogens is 265 g/mol. The maximum absolute atomic E-state index is 5.36. The number of rotatable bonds is 2. The van der Waals surface area contributed by atoms with Gasteiger partial charge >= 0.3 is 0 Å². The standard InChI is InChI=1S/C9H12INO/c1-4-12-9-7(3)8(10)6(2)5-11-9/h5H,4H2,1-3H3. The minimum Gasteiger partial charge on any atom is -0.478 e. The number of hydrogen-bond donors (Lipinski definition) is 0. The van der Waals surface area contributed by atoms with Gasteiger partial charge in [-0.15, -0.1) is 0 Å². The second kappa shape index (κ2) is 4.07. The van der Waals surface area contributed by atoms with Gasteiger partial charge in [0.05, 0.1) is 6.61 Å². The molecule has 0 aliphatic carbocycles. The van der Waals surface area contributed by atoms with E-state index >= 15 is 0 Å². The molecule has 0 aliphatic rings. The Bertz CT molecular complexity index is 286. The fourth-order valence-electron chi connectivity index (χ4n) is 0.981. The highest BCUT2D eigenvalue weighted by Gasteiger charge is 2.05. The number of halogens is 1. The summed E-state index contributed by atoms with van der Waals surface area (Å²) < 4.78 is 6.60. The molecule has 0 aliphatic heterocycles. The van der Waals surface area contributed by atoms with Crippen LogP contribution >= 0.6 is 22.6 Å². The fraction of sp³-hybridized carbons (Fsp3) is 0.444. The smallest absolute Gasteiger partial charge is 0.217 e. The molecule has 3 heteroatoms. The zero-order valence-corrected chi connectivity index (χ0v) is 9.68. The lowest BCUT2D eigenvalue weighted by Crippen LogP contribution is -1.99. The molecule has 0 atom stereocenters. The van der Waals surface area contributed by atoms with Gasteiger partial charge in [-0.2, -0.15) is 0 Å².